The third-order valence-corrected chi connectivity index (χ3v) is 7.33. The fraction of sp³-hybridized carbons (Fsp3) is 0.556. The minimum absolute atomic E-state index is 0. The molecule has 0 aromatic heterocycles. The fourth-order valence-corrected chi connectivity index (χ4v) is 5.24. The van der Waals surface area contributed by atoms with Crippen LogP contribution in [0.2, 0.25) is 0 Å². The Morgan fingerprint density at radius 3 is 1.94 bits per heavy atom. The molecule has 4 rings (SSSR count). The van der Waals surface area contributed by atoms with Crippen molar-refractivity contribution in [2.75, 3.05) is 39.8 Å². The Morgan fingerprint density at radius 2 is 1.34 bits per heavy atom. The number of aryl methyl sites for hydroxylation is 2. The monoisotopic (exact) mass is 478 g/mol. The van der Waals surface area contributed by atoms with E-state index < -0.39 is 5.60 Å². The lowest BCUT2D eigenvalue weighted by Crippen LogP contribution is -2.50. The Kier molecular flexibility index (Phi) is 11.0. The molecular formula is C27H40Cl2N2O. The average Bonchev–Trinajstić information content (AvgIpc) is 2.79. The number of aliphatic hydroxyl groups is 1. The first kappa shape index (κ1) is 27.1. The molecule has 1 aliphatic heterocycles. The number of benzene rings is 2. The Hall–Kier alpha value is -1.10. The van der Waals surface area contributed by atoms with Crippen LogP contribution in [0.15, 0.2) is 54.6 Å². The number of rotatable bonds is 7. The van der Waals surface area contributed by atoms with Crippen LogP contribution in [0.25, 0.3) is 0 Å². The Labute approximate surface area is 207 Å². The molecular weight excluding hydrogens is 439 g/mol. The van der Waals surface area contributed by atoms with Gasteiger partial charge in [0.25, 0.3) is 0 Å². The lowest BCUT2D eigenvalue weighted by atomic mass is 9.72. The first-order chi connectivity index (χ1) is 14.6. The van der Waals surface area contributed by atoms with Crippen LogP contribution in [0.5, 0.6) is 0 Å². The van der Waals surface area contributed by atoms with Gasteiger partial charge in [-0.05, 0) is 49.4 Å². The number of piperazine rings is 1. The van der Waals surface area contributed by atoms with Crippen LogP contribution >= 0.6 is 24.8 Å². The smallest absolute Gasteiger partial charge is 0.0728 e. The highest BCUT2D eigenvalue weighted by molar-refractivity contribution is 5.85. The Bertz CT molecular complexity index is 770. The summed E-state index contributed by atoms with van der Waals surface area (Å²) in [5.41, 5.74) is 3.55. The van der Waals surface area contributed by atoms with Crippen LogP contribution in [-0.4, -0.2) is 60.3 Å². The third kappa shape index (κ3) is 7.20. The summed E-state index contributed by atoms with van der Waals surface area (Å²) in [6.07, 6.45) is 7.62. The van der Waals surface area contributed by atoms with Crippen LogP contribution in [0.1, 0.15) is 54.7 Å². The molecule has 1 atom stereocenters. The average molecular weight is 480 g/mol. The van der Waals surface area contributed by atoms with Gasteiger partial charge >= 0.3 is 0 Å². The van der Waals surface area contributed by atoms with E-state index in [1.807, 2.05) is 0 Å². The van der Waals surface area contributed by atoms with Gasteiger partial charge in [0.1, 0.15) is 0 Å². The molecule has 3 nitrogen and oxygen atoms in total. The molecule has 32 heavy (non-hydrogen) atoms. The van der Waals surface area contributed by atoms with Gasteiger partial charge in [0.05, 0.1) is 5.60 Å². The molecule has 2 fully saturated rings. The van der Waals surface area contributed by atoms with E-state index in [1.54, 1.807) is 0 Å². The number of hydrogen-bond donors (Lipinski definition) is 1. The van der Waals surface area contributed by atoms with Gasteiger partial charge in [-0.1, -0.05) is 73.9 Å². The van der Waals surface area contributed by atoms with E-state index in [1.165, 1.54) is 23.1 Å². The highest BCUT2D eigenvalue weighted by atomic mass is 35.5. The van der Waals surface area contributed by atoms with Crippen molar-refractivity contribution in [2.24, 2.45) is 0 Å². The first-order valence-electron chi connectivity index (χ1n) is 11.9. The summed E-state index contributed by atoms with van der Waals surface area (Å²) in [5.74, 6) is 0.212. The van der Waals surface area contributed by atoms with Crippen LogP contribution < -0.4 is 0 Å². The summed E-state index contributed by atoms with van der Waals surface area (Å²) in [6.45, 7) is 5.46. The normalized spacial score (nSPS) is 20.1. The molecule has 0 bridgehead atoms. The number of halogens is 2. The maximum atomic E-state index is 11.7. The lowest BCUT2D eigenvalue weighted by molar-refractivity contribution is -0.0337. The van der Waals surface area contributed by atoms with Gasteiger partial charge in [-0.3, -0.25) is 0 Å². The van der Waals surface area contributed by atoms with Crippen molar-refractivity contribution < 1.29 is 5.11 Å². The van der Waals surface area contributed by atoms with Gasteiger partial charge in [0, 0.05) is 38.6 Å². The highest BCUT2D eigenvalue weighted by Crippen LogP contribution is 2.40. The van der Waals surface area contributed by atoms with Crippen LogP contribution in [0, 0.1) is 0 Å². The molecule has 1 N–H and O–H groups in total. The molecule has 1 saturated carbocycles. The maximum Gasteiger partial charge on any atom is 0.0728 e. The van der Waals surface area contributed by atoms with E-state index in [0.29, 0.717) is 0 Å². The van der Waals surface area contributed by atoms with E-state index in [-0.39, 0.29) is 30.7 Å². The van der Waals surface area contributed by atoms with Gasteiger partial charge < -0.3 is 14.9 Å². The minimum Gasteiger partial charge on any atom is -0.389 e. The summed E-state index contributed by atoms with van der Waals surface area (Å²) < 4.78 is 0. The molecule has 0 radical (unpaired) electrons. The summed E-state index contributed by atoms with van der Waals surface area (Å²) in [4.78, 5) is 4.98. The second-order valence-corrected chi connectivity index (χ2v) is 9.55. The molecule has 1 unspecified atom stereocenters. The standard InChI is InChI=1S/C27H38N2O.2ClH/c1-28-18-20-29(21-19-28)22-26(27(30)16-6-3-7-17-27)25-14-12-24(13-15-25)11-10-23-8-4-2-5-9-23;;/h2,4-5,8-9,12-15,26,30H,3,6-7,10-11,16-22H2,1H3;2*1H. The molecule has 1 saturated heterocycles. The Balaban J connectivity index is 0.00000181. The molecule has 1 aliphatic carbocycles. The van der Waals surface area contributed by atoms with E-state index in [9.17, 15) is 5.11 Å². The second kappa shape index (κ2) is 13.0. The van der Waals surface area contributed by atoms with Crippen LogP contribution in [-0.2, 0) is 12.8 Å². The van der Waals surface area contributed by atoms with Gasteiger partial charge in [-0.2, -0.15) is 0 Å². The molecule has 0 amide bonds. The zero-order chi connectivity index (χ0) is 20.8. The van der Waals surface area contributed by atoms with Crippen molar-refractivity contribution in [2.45, 2.75) is 56.5 Å². The maximum absolute atomic E-state index is 11.7. The van der Waals surface area contributed by atoms with Crippen molar-refractivity contribution in [1.29, 1.82) is 0 Å². The fourth-order valence-electron chi connectivity index (χ4n) is 5.24. The highest BCUT2D eigenvalue weighted by Gasteiger charge is 2.39. The van der Waals surface area contributed by atoms with Gasteiger partial charge in [-0.25, -0.2) is 0 Å². The molecule has 2 aromatic carbocycles. The number of hydrogen-bond acceptors (Lipinski definition) is 3. The quantitative estimate of drug-likeness (QED) is 0.581. The number of nitrogens with zero attached hydrogens (tertiary/aromatic N) is 2. The molecule has 2 aliphatic rings. The molecule has 0 spiro atoms. The molecule has 2 aromatic rings. The van der Waals surface area contributed by atoms with E-state index in [0.717, 1.165) is 71.2 Å². The third-order valence-electron chi connectivity index (χ3n) is 7.33. The van der Waals surface area contributed by atoms with Crippen LogP contribution in [0.4, 0.5) is 0 Å². The van der Waals surface area contributed by atoms with Crippen LogP contribution in [0.3, 0.4) is 0 Å². The summed E-state index contributed by atoms with van der Waals surface area (Å²) >= 11 is 0. The van der Waals surface area contributed by atoms with Gasteiger partial charge in [0.15, 0.2) is 0 Å². The van der Waals surface area contributed by atoms with Gasteiger partial charge in [-0.15, -0.1) is 24.8 Å². The predicted molar refractivity (Wildman–Crippen MR) is 140 cm³/mol. The zero-order valence-electron chi connectivity index (χ0n) is 19.4. The Morgan fingerprint density at radius 1 is 0.781 bits per heavy atom. The molecule has 1 heterocycles. The van der Waals surface area contributed by atoms with Crippen molar-refractivity contribution in [3.63, 3.8) is 0 Å². The molecule has 5 heteroatoms. The van der Waals surface area contributed by atoms with Crippen molar-refractivity contribution in [3.8, 4) is 0 Å². The summed E-state index contributed by atoms with van der Waals surface area (Å²) in [5, 5.41) is 11.7. The van der Waals surface area contributed by atoms with Crippen molar-refractivity contribution in [1.82, 2.24) is 9.80 Å². The minimum atomic E-state index is -0.548. The van der Waals surface area contributed by atoms with E-state index in [4.69, 9.17) is 0 Å². The summed E-state index contributed by atoms with van der Waals surface area (Å²) in [7, 11) is 2.21. The predicted octanol–water partition coefficient (Wildman–Crippen LogP) is 5.34. The summed E-state index contributed by atoms with van der Waals surface area (Å²) in [6, 6.07) is 19.9. The topological polar surface area (TPSA) is 26.7 Å². The second-order valence-electron chi connectivity index (χ2n) is 9.55. The van der Waals surface area contributed by atoms with Crippen molar-refractivity contribution in [3.05, 3.63) is 71.3 Å². The van der Waals surface area contributed by atoms with Gasteiger partial charge in [0.2, 0.25) is 0 Å². The lowest BCUT2D eigenvalue weighted by Gasteiger charge is -2.43. The number of likely N-dealkylation sites (N-methyl/N-ethyl adjacent to an activating group) is 1. The van der Waals surface area contributed by atoms with E-state index in [2.05, 4.69) is 71.4 Å². The first-order valence-corrected chi connectivity index (χ1v) is 11.9. The van der Waals surface area contributed by atoms with E-state index >= 15 is 0 Å². The largest absolute Gasteiger partial charge is 0.389 e. The SMILES string of the molecule is CN1CCN(CC(c2ccc(CCc3ccccc3)cc2)C2(O)CCCCC2)CC1.Cl.Cl. The zero-order valence-corrected chi connectivity index (χ0v) is 21.0. The molecule has 178 valence electrons. The van der Waals surface area contributed by atoms with Crippen molar-refractivity contribution >= 4 is 24.8 Å².